The first kappa shape index (κ1) is 13.0. The third-order valence-corrected chi connectivity index (χ3v) is 2.37. The smallest absolute Gasteiger partial charge is 0.172 e. The van der Waals surface area contributed by atoms with Crippen LogP contribution < -0.4 is 0 Å². The van der Waals surface area contributed by atoms with Gasteiger partial charge < -0.3 is 4.74 Å². The molecule has 1 aromatic rings. The monoisotopic (exact) mass is 229 g/mol. The molecule has 17 heavy (non-hydrogen) atoms. The lowest BCUT2D eigenvalue weighted by molar-refractivity contribution is -0.124. The number of ether oxygens (including phenoxy) is 1. The number of hydrogen-bond acceptors (Lipinski definition) is 3. The van der Waals surface area contributed by atoms with E-state index in [0.29, 0.717) is 11.3 Å². The van der Waals surface area contributed by atoms with E-state index in [0.717, 1.165) is 5.56 Å². The van der Waals surface area contributed by atoms with E-state index in [2.05, 4.69) is 6.58 Å². The zero-order valence-corrected chi connectivity index (χ0v) is 10.1. The Bertz CT molecular complexity index is 452. The van der Waals surface area contributed by atoms with Crippen LogP contribution in [0, 0.1) is 17.2 Å². The number of Topliss-reactive ketones (excluding diaryl/α,β-unsaturated/α-hetero) is 1. The van der Waals surface area contributed by atoms with Crippen molar-refractivity contribution in [2.45, 2.75) is 13.8 Å². The normalized spacial score (nSPS) is 9.76. The number of carbonyl (C=O) groups is 1. The summed E-state index contributed by atoms with van der Waals surface area (Å²) < 4.78 is 5.30. The van der Waals surface area contributed by atoms with Gasteiger partial charge in [0.2, 0.25) is 0 Å². The topological polar surface area (TPSA) is 50.1 Å². The van der Waals surface area contributed by atoms with Crippen molar-refractivity contribution in [1.82, 2.24) is 0 Å². The van der Waals surface area contributed by atoms with Crippen LogP contribution in [0.3, 0.4) is 0 Å². The van der Waals surface area contributed by atoms with Crippen molar-refractivity contribution in [3.63, 3.8) is 0 Å². The van der Waals surface area contributed by atoms with Crippen LogP contribution in [0.2, 0.25) is 0 Å². The number of hydrogen-bond donors (Lipinski definition) is 0. The number of nitriles is 1. The Morgan fingerprint density at radius 1 is 1.41 bits per heavy atom. The van der Waals surface area contributed by atoms with E-state index in [1.807, 2.05) is 19.9 Å². The molecule has 1 aromatic carbocycles. The van der Waals surface area contributed by atoms with Gasteiger partial charge in [-0.25, -0.2) is 0 Å². The lowest BCUT2D eigenvalue weighted by atomic mass is 10.1. The molecule has 0 bridgehead atoms. The summed E-state index contributed by atoms with van der Waals surface area (Å²) in [7, 11) is 0. The van der Waals surface area contributed by atoms with Gasteiger partial charge in [-0.3, -0.25) is 4.79 Å². The van der Waals surface area contributed by atoms with Gasteiger partial charge in [0.15, 0.2) is 5.78 Å². The maximum atomic E-state index is 11.4. The highest BCUT2D eigenvalue weighted by atomic mass is 16.5. The standard InChI is InChI=1S/C14H15NO2/c1-10(2)14(16)9-17-11(3)13-6-4-12(8-15)5-7-13/h4-7,10H,3,9H2,1-2H3. The van der Waals surface area contributed by atoms with Crippen LogP contribution in [-0.4, -0.2) is 12.4 Å². The van der Waals surface area contributed by atoms with Gasteiger partial charge in [0.25, 0.3) is 0 Å². The largest absolute Gasteiger partial charge is 0.486 e. The van der Waals surface area contributed by atoms with E-state index >= 15 is 0 Å². The highest BCUT2D eigenvalue weighted by molar-refractivity contribution is 5.82. The first-order chi connectivity index (χ1) is 8.04. The molecule has 0 unspecified atom stereocenters. The summed E-state index contributed by atoms with van der Waals surface area (Å²) in [6, 6.07) is 8.91. The molecule has 88 valence electrons. The number of carbonyl (C=O) groups excluding carboxylic acids is 1. The molecule has 0 aromatic heterocycles. The molecule has 0 aliphatic heterocycles. The van der Waals surface area contributed by atoms with Gasteiger partial charge in [0, 0.05) is 11.5 Å². The van der Waals surface area contributed by atoms with Crippen molar-refractivity contribution in [3.8, 4) is 6.07 Å². The third kappa shape index (κ3) is 3.76. The van der Waals surface area contributed by atoms with E-state index in [9.17, 15) is 4.79 Å². The fourth-order valence-corrected chi connectivity index (χ4v) is 1.14. The van der Waals surface area contributed by atoms with Crippen molar-refractivity contribution >= 4 is 11.5 Å². The first-order valence-corrected chi connectivity index (χ1v) is 5.39. The Labute approximate surface area is 101 Å². The zero-order valence-electron chi connectivity index (χ0n) is 10.1. The molecule has 0 radical (unpaired) electrons. The molecule has 0 amide bonds. The molecule has 0 heterocycles. The molecule has 0 atom stereocenters. The summed E-state index contributed by atoms with van der Waals surface area (Å²) in [5.74, 6) is 0.451. The minimum absolute atomic E-state index is 0.0382. The van der Waals surface area contributed by atoms with Crippen LogP contribution in [0.4, 0.5) is 0 Å². The van der Waals surface area contributed by atoms with Crippen LogP contribution in [0.5, 0.6) is 0 Å². The number of ketones is 1. The van der Waals surface area contributed by atoms with Crippen LogP contribution in [-0.2, 0) is 9.53 Å². The summed E-state index contributed by atoms with van der Waals surface area (Å²) in [5.41, 5.74) is 1.36. The summed E-state index contributed by atoms with van der Waals surface area (Å²) in [5, 5.41) is 8.66. The molecular formula is C14H15NO2. The number of benzene rings is 1. The summed E-state index contributed by atoms with van der Waals surface area (Å²) in [6.45, 7) is 7.45. The fraction of sp³-hybridized carbons (Fsp3) is 0.286. The van der Waals surface area contributed by atoms with Gasteiger partial charge in [-0.15, -0.1) is 0 Å². The quantitative estimate of drug-likeness (QED) is 0.729. The van der Waals surface area contributed by atoms with E-state index in [-0.39, 0.29) is 18.3 Å². The molecule has 0 aliphatic carbocycles. The second kappa shape index (κ2) is 5.86. The van der Waals surface area contributed by atoms with Crippen molar-refractivity contribution in [2.75, 3.05) is 6.61 Å². The molecular weight excluding hydrogens is 214 g/mol. The summed E-state index contributed by atoms with van der Waals surface area (Å²) >= 11 is 0. The Hall–Kier alpha value is -2.08. The maximum absolute atomic E-state index is 11.4. The Balaban J connectivity index is 2.59. The third-order valence-electron chi connectivity index (χ3n) is 2.37. The lowest BCUT2D eigenvalue weighted by Gasteiger charge is -2.10. The predicted molar refractivity (Wildman–Crippen MR) is 66.0 cm³/mol. The average molecular weight is 229 g/mol. The molecule has 3 nitrogen and oxygen atoms in total. The van der Waals surface area contributed by atoms with Crippen LogP contribution >= 0.6 is 0 Å². The molecule has 0 spiro atoms. The highest BCUT2D eigenvalue weighted by Crippen LogP contribution is 2.14. The van der Waals surface area contributed by atoms with E-state index in [4.69, 9.17) is 10.00 Å². The van der Waals surface area contributed by atoms with Gasteiger partial charge in [0.1, 0.15) is 12.4 Å². The summed E-state index contributed by atoms with van der Waals surface area (Å²) in [4.78, 5) is 11.4. The second-order valence-corrected chi connectivity index (χ2v) is 4.02. The molecule has 0 N–H and O–H groups in total. The SMILES string of the molecule is C=C(OCC(=O)C(C)C)c1ccc(C#N)cc1. The predicted octanol–water partition coefficient (Wildman–Crippen LogP) is 2.77. The van der Waals surface area contributed by atoms with Crippen LogP contribution in [0.15, 0.2) is 30.8 Å². The molecule has 3 heteroatoms. The highest BCUT2D eigenvalue weighted by Gasteiger charge is 2.09. The lowest BCUT2D eigenvalue weighted by Crippen LogP contribution is -2.14. The molecule has 0 saturated heterocycles. The van der Waals surface area contributed by atoms with Gasteiger partial charge in [0.05, 0.1) is 11.6 Å². The first-order valence-electron chi connectivity index (χ1n) is 5.39. The number of rotatable bonds is 5. The average Bonchev–Trinajstić information content (AvgIpc) is 2.35. The van der Waals surface area contributed by atoms with E-state index < -0.39 is 0 Å². The molecule has 0 aliphatic rings. The van der Waals surface area contributed by atoms with Crippen molar-refractivity contribution < 1.29 is 9.53 Å². The minimum atomic E-state index is -0.0382. The Kier molecular flexibility index (Phi) is 4.47. The van der Waals surface area contributed by atoms with Gasteiger partial charge in [-0.05, 0) is 24.3 Å². The summed E-state index contributed by atoms with van der Waals surface area (Å²) in [6.07, 6.45) is 0. The van der Waals surface area contributed by atoms with E-state index in [1.165, 1.54) is 0 Å². The molecule has 0 fully saturated rings. The van der Waals surface area contributed by atoms with Gasteiger partial charge in [-0.2, -0.15) is 5.26 Å². The molecule has 1 rings (SSSR count). The van der Waals surface area contributed by atoms with Crippen molar-refractivity contribution in [1.29, 1.82) is 5.26 Å². The Morgan fingerprint density at radius 2 is 2.00 bits per heavy atom. The van der Waals surface area contributed by atoms with E-state index in [1.54, 1.807) is 24.3 Å². The number of nitrogens with zero attached hydrogens (tertiary/aromatic N) is 1. The van der Waals surface area contributed by atoms with Crippen molar-refractivity contribution in [3.05, 3.63) is 42.0 Å². The maximum Gasteiger partial charge on any atom is 0.172 e. The van der Waals surface area contributed by atoms with Gasteiger partial charge in [-0.1, -0.05) is 20.4 Å². The van der Waals surface area contributed by atoms with Crippen LogP contribution in [0.25, 0.3) is 5.76 Å². The van der Waals surface area contributed by atoms with Gasteiger partial charge >= 0.3 is 0 Å². The zero-order chi connectivity index (χ0) is 12.8. The van der Waals surface area contributed by atoms with Crippen LogP contribution in [0.1, 0.15) is 25.0 Å². The molecule has 0 saturated carbocycles. The minimum Gasteiger partial charge on any atom is -0.486 e. The second-order valence-electron chi connectivity index (χ2n) is 4.02. The van der Waals surface area contributed by atoms with Crippen molar-refractivity contribution in [2.24, 2.45) is 5.92 Å². The Morgan fingerprint density at radius 3 is 2.47 bits per heavy atom. The fourth-order valence-electron chi connectivity index (χ4n) is 1.14.